The Labute approximate surface area is 211 Å². The predicted molar refractivity (Wildman–Crippen MR) is 133 cm³/mol. The number of epoxide rings is 1. The average molecular weight is 506 g/mol. The molecule has 3 atom stereocenters. The molecule has 7 heteroatoms. The molecule has 5 rings (SSSR count). The number of hydrogen-bond donors (Lipinski definition) is 0. The molecule has 0 amide bonds. The maximum atomic E-state index is 15.0. The van der Waals surface area contributed by atoms with Crippen LogP contribution in [-0.2, 0) is 9.47 Å². The lowest BCUT2D eigenvalue weighted by Crippen LogP contribution is -2.30. The SMILES string of the molecule is C=Cc1ccc(-c2ccc(-c3ccc(C(=O)OC4=CC(C)=C(C5CO5)C(F)C4F)cc3)c(F)c2F)cc1. The Morgan fingerprint density at radius 2 is 1.46 bits per heavy atom. The van der Waals surface area contributed by atoms with Crippen molar-refractivity contribution in [1.29, 1.82) is 0 Å². The molecule has 1 fully saturated rings. The fourth-order valence-corrected chi connectivity index (χ4v) is 4.39. The van der Waals surface area contributed by atoms with Crippen LogP contribution in [0.15, 0.2) is 90.2 Å². The third-order valence-electron chi connectivity index (χ3n) is 6.50. The van der Waals surface area contributed by atoms with E-state index in [2.05, 4.69) is 6.58 Å². The first-order chi connectivity index (χ1) is 17.8. The smallest absolute Gasteiger partial charge is 0.343 e. The van der Waals surface area contributed by atoms with E-state index in [0.29, 0.717) is 23.3 Å². The summed E-state index contributed by atoms with van der Waals surface area (Å²) < 4.78 is 69.2. The molecule has 1 aliphatic heterocycles. The highest BCUT2D eigenvalue weighted by atomic mass is 19.2. The molecular weight excluding hydrogens is 484 g/mol. The monoisotopic (exact) mass is 506 g/mol. The molecule has 37 heavy (non-hydrogen) atoms. The number of halogens is 4. The second-order valence-corrected chi connectivity index (χ2v) is 8.89. The summed E-state index contributed by atoms with van der Waals surface area (Å²) in [5, 5.41) is 0. The molecule has 188 valence electrons. The Morgan fingerprint density at radius 1 is 0.919 bits per heavy atom. The zero-order valence-corrected chi connectivity index (χ0v) is 19.8. The number of allylic oxidation sites excluding steroid dienone is 3. The fraction of sp³-hybridized carbons (Fsp3) is 0.167. The van der Waals surface area contributed by atoms with E-state index in [9.17, 15) is 22.4 Å². The van der Waals surface area contributed by atoms with Crippen LogP contribution < -0.4 is 0 Å². The van der Waals surface area contributed by atoms with Crippen LogP contribution in [0.5, 0.6) is 0 Å². The van der Waals surface area contributed by atoms with Crippen molar-refractivity contribution in [2.45, 2.75) is 25.4 Å². The second kappa shape index (κ2) is 9.82. The molecule has 3 unspecified atom stereocenters. The van der Waals surface area contributed by atoms with E-state index < -0.39 is 41.8 Å². The number of ether oxygens (including phenoxy) is 2. The number of benzene rings is 3. The predicted octanol–water partition coefficient (Wildman–Crippen LogP) is 7.39. The van der Waals surface area contributed by atoms with Crippen molar-refractivity contribution in [3.63, 3.8) is 0 Å². The molecule has 0 aromatic heterocycles. The van der Waals surface area contributed by atoms with Gasteiger partial charge in [-0.3, -0.25) is 0 Å². The van der Waals surface area contributed by atoms with Crippen molar-refractivity contribution in [2.24, 2.45) is 0 Å². The lowest BCUT2D eigenvalue weighted by Gasteiger charge is -2.24. The van der Waals surface area contributed by atoms with Gasteiger partial charge in [-0.25, -0.2) is 22.4 Å². The fourth-order valence-electron chi connectivity index (χ4n) is 4.39. The normalized spacial score (nSPS) is 20.9. The minimum Gasteiger partial charge on any atom is -0.424 e. The minimum absolute atomic E-state index is 0.0125. The Kier molecular flexibility index (Phi) is 6.56. The van der Waals surface area contributed by atoms with Gasteiger partial charge in [-0.2, -0.15) is 0 Å². The number of hydrogen-bond acceptors (Lipinski definition) is 3. The maximum Gasteiger partial charge on any atom is 0.343 e. The van der Waals surface area contributed by atoms with E-state index in [1.807, 2.05) is 0 Å². The molecule has 0 N–H and O–H groups in total. The number of alkyl halides is 2. The lowest BCUT2D eigenvalue weighted by atomic mass is 9.92. The van der Waals surface area contributed by atoms with Gasteiger partial charge in [0.1, 0.15) is 11.9 Å². The van der Waals surface area contributed by atoms with Crippen LogP contribution in [0, 0.1) is 11.6 Å². The zero-order valence-electron chi connectivity index (χ0n) is 19.8. The van der Waals surface area contributed by atoms with Crippen LogP contribution in [0.4, 0.5) is 17.6 Å². The lowest BCUT2D eigenvalue weighted by molar-refractivity contribution is 0.0521. The van der Waals surface area contributed by atoms with E-state index in [1.54, 1.807) is 37.3 Å². The summed E-state index contributed by atoms with van der Waals surface area (Å²) in [5.41, 5.74) is 2.57. The van der Waals surface area contributed by atoms with Gasteiger partial charge in [0.05, 0.1) is 12.2 Å². The number of carbonyl (C=O) groups excluding carboxylic acids is 1. The first-order valence-corrected chi connectivity index (χ1v) is 11.6. The summed E-state index contributed by atoms with van der Waals surface area (Å²) in [6.07, 6.45) is -1.57. The number of carbonyl (C=O) groups is 1. The standard InChI is InChI=1S/C30H22F4O3/c1-3-17-4-6-18(7-5-17)21-12-13-22(27(32)26(21)31)19-8-10-20(11-9-19)30(35)37-23-14-16(2)25(24-15-36-24)29(34)28(23)33/h3-14,24,28-29H,1,15H2,2H3. The molecular formula is C30H22F4O3. The van der Waals surface area contributed by atoms with E-state index in [1.165, 1.54) is 42.5 Å². The highest BCUT2D eigenvalue weighted by molar-refractivity contribution is 5.91. The van der Waals surface area contributed by atoms with E-state index in [0.717, 1.165) is 5.56 Å². The van der Waals surface area contributed by atoms with Crippen molar-refractivity contribution < 1.29 is 31.8 Å². The Balaban J connectivity index is 1.35. The summed E-state index contributed by atoms with van der Waals surface area (Å²) in [7, 11) is 0. The van der Waals surface area contributed by atoms with Crippen LogP contribution in [0.2, 0.25) is 0 Å². The van der Waals surface area contributed by atoms with Gasteiger partial charge in [-0.05, 0) is 47.4 Å². The summed E-state index contributed by atoms with van der Waals surface area (Å²) >= 11 is 0. The highest BCUT2D eigenvalue weighted by Crippen LogP contribution is 2.37. The summed E-state index contributed by atoms with van der Waals surface area (Å²) in [6.45, 7) is 5.62. The van der Waals surface area contributed by atoms with E-state index in [-0.39, 0.29) is 22.3 Å². The Bertz CT molecular complexity index is 1430. The van der Waals surface area contributed by atoms with Crippen LogP contribution in [0.1, 0.15) is 22.8 Å². The molecule has 3 aromatic carbocycles. The molecule has 3 aromatic rings. The Hall–Kier alpha value is -3.97. The second-order valence-electron chi connectivity index (χ2n) is 8.89. The average Bonchev–Trinajstić information content (AvgIpc) is 3.74. The molecule has 1 saturated heterocycles. The highest BCUT2D eigenvalue weighted by Gasteiger charge is 2.42. The molecule has 1 aliphatic carbocycles. The number of rotatable bonds is 6. The Morgan fingerprint density at radius 3 is 1.97 bits per heavy atom. The summed E-state index contributed by atoms with van der Waals surface area (Å²) in [4.78, 5) is 12.6. The molecule has 0 spiro atoms. The molecule has 3 nitrogen and oxygen atoms in total. The van der Waals surface area contributed by atoms with Crippen molar-refractivity contribution >= 4 is 12.0 Å². The van der Waals surface area contributed by atoms with Gasteiger partial charge in [0.2, 0.25) is 0 Å². The quantitative estimate of drug-likeness (QED) is 0.199. The first kappa shape index (κ1) is 24.7. The van der Waals surface area contributed by atoms with E-state index >= 15 is 0 Å². The molecule has 2 aliphatic rings. The third-order valence-corrected chi connectivity index (χ3v) is 6.50. The van der Waals surface area contributed by atoms with Crippen LogP contribution in [0.3, 0.4) is 0 Å². The zero-order chi connectivity index (χ0) is 26.3. The van der Waals surface area contributed by atoms with Gasteiger partial charge in [0.15, 0.2) is 24.0 Å². The topological polar surface area (TPSA) is 38.8 Å². The van der Waals surface area contributed by atoms with Crippen molar-refractivity contribution in [2.75, 3.05) is 6.61 Å². The van der Waals surface area contributed by atoms with Gasteiger partial charge >= 0.3 is 5.97 Å². The first-order valence-electron chi connectivity index (χ1n) is 11.6. The van der Waals surface area contributed by atoms with Gasteiger partial charge in [0, 0.05) is 16.7 Å². The van der Waals surface area contributed by atoms with Crippen LogP contribution in [-0.4, -0.2) is 31.0 Å². The molecule has 0 saturated carbocycles. The van der Waals surface area contributed by atoms with Gasteiger partial charge in [-0.15, -0.1) is 0 Å². The van der Waals surface area contributed by atoms with Crippen molar-refractivity contribution in [1.82, 2.24) is 0 Å². The van der Waals surface area contributed by atoms with Crippen molar-refractivity contribution in [3.8, 4) is 22.3 Å². The third kappa shape index (κ3) is 4.74. The van der Waals surface area contributed by atoms with Gasteiger partial charge < -0.3 is 9.47 Å². The maximum absolute atomic E-state index is 15.0. The minimum atomic E-state index is -2.13. The molecule has 0 radical (unpaired) electrons. The number of esters is 1. The van der Waals surface area contributed by atoms with Crippen LogP contribution in [0.25, 0.3) is 28.3 Å². The van der Waals surface area contributed by atoms with Crippen LogP contribution >= 0.6 is 0 Å². The largest absolute Gasteiger partial charge is 0.424 e. The van der Waals surface area contributed by atoms with Crippen molar-refractivity contribution in [3.05, 3.63) is 113 Å². The molecule has 0 bridgehead atoms. The summed E-state index contributed by atoms with van der Waals surface area (Å²) in [5.74, 6) is -3.34. The summed E-state index contributed by atoms with van der Waals surface area (Å²) in [6, 6.07) is 15.4. The van der Waals surface area contributed by atoms with Gasteiger partial charge in [-0.1, -0.05) is 61.2 Å². The molecule has 1 heterocycles. The van der Waals surface area contributed by atoms with E-state index in [4.69, 9.17) is 9.47 Å². The van der Waals surface area contributed by atoms with Gasteiger partial charge in [0.25, 0.3) is 0 Å².